The van der Waals surface area contributed by atoms with Crippen molar-refractivity contribution in [3.8, 4) is 11.3 Å². The molecule has 1 atom stereocenters. The van der Waals surface area contributed by atoms with E-state index in [1.807, 2.05) is 30.3 Å². The van der Waals surface area contributed by atoms with Gasteiger partial charge in [-0.25, -0.2) is 4.39 Å². The quantitative estimate of drug-likeness (QED) is 0.438. The maximum Gasteiger partial charge on any atom is 0.253 e. The van der Waals surface area contributed by atoms with Gasteiger partial charge in [0.05, 0.1) is 31.0 Å². The van der Waals surface area contributed by atoms with Crippen LogP contribution in [0.4, 0.5) is 4.39 Å². The highest BCUT2D eigenvalue weighted by molar-refractivity contribution is 5.94. The van der Waals surface area contributed by atoms with E-state index < -0.39 is 6.04 Å². The van der Waals surface area contributed by atoms with Crippen molar-refractivity contribution >= 4 is 5.91 Å². The van der Waals surface area contributed by atoms with Crippen LogP contribution in [0.15, 0.2) is 77.4 Å². The number of nitrogens with one attached hydrogen (secondary N) is 1. The van der Waals surface area contributed by atoms with Crippen LogP contribution in [0, 0.1) is 5.82 Å². The van der Waals surface area contributed by atoms with Crippen molar-refractivity contribution in [2.45, 2.75) is 12.6 Å². The number of morpholine rings is 1. The Morgan fingerprint density at radius 3 is 2.63 bits per heavy atom. The SMILES string of the molecule is O=C(NC(c1ccccc1)c1nc(CN2CCOCC2)no1)c1ccc(-c2cccc(F)c2)nc1. The molecule has 1 amide bonds. The number of nitrogens with zero attached hydrogens (tertiary/aromatic N) is 4. The summed E-state index contributed by atoms with van der Waals surface area (Å²) < 4.78 is 24.5. The number of rotatable bonds is 7. The normalized spacial score (nSPS) is 15.0. The molecular formula is C26H24FN5O3. The predicted octanol–water partition coefficient (Wildman–Crippen LogP) is 3.62. The van der Waals surface area contributed by atoms with Crippen LogP contribution in [-0.4, -0.2) is 52.2 Å². The summed E-state index contributed by atoms with van der Waals surface area (Å²) in [5.41, 5.74) is 2.38. The number of pyridine rings is 1. The van der Waals surface area contributed by atoms with Gasteiger partial charge < -0.3 is 14.6 Å². The molecule has 1 aliphatic rings. The third-order valence-electron chi connectivity index (χ3n) is 5.75. The van der Waals surface area contributed by atoms with Crippen molar-refractivity contribution in [1.29, 1.82) is 0 Å². The second kappa shape index (κ2) is 10.5. The van der Waals surface area contributed by atoms with Gasteiger partial charge in [0.25, 0.3) is 11.8 Å². The highest BCUT2D eigenvalue weighted by atomic mass is 19.1. The molecule has 0 aliphatic carbocycles. The number of halogens is 1. The van der Waals surface area contributed by atoms with Crippen LogP contribution in [-0.2, 0) is 11.3 Å². The predicted molar refractivity (Wildman–Crippen MR) is 126 cm³/mol. The lowest BCUT2D eigenvalue weighted by Crippen LogP contribution is -2.36. The molecule has 3 heterocycles. The van der Waals surface area contributed by atoms with Crippen LogP contribution in [0.3, 0.4) is 0 Å². The Hall–Kier alpha value is -3.95. The molecule has 0 spiro atoms. The smallest absolute Gasteiger partial charge is 0.253 e. The molecule has 4 aromatic rings. The summed E-state index contributed by atoms with van der Waals surface area (Å²) in [5, 5.41) is 7.11. The zero-order valence-electron chi connectivity index (χ0n) is 18.9. The first-order chi connectivity index (χ1) is 17.2. The van der Waals surface area contributed by atoms with Crippen molar-refractivity contribution in [1.82, 2.24) is 25.3 Å². The summed E-state index contributed by atoms with van der Waals surface area (Å²) in [5.74, 6) is 0.171. The van der Waals surface area contributed by atoms with E-state index in [4.69, 9.17) is 9.26 Å². The lowest BCUT2D eigenvalue weighted by Gasteiger charge is -2.24. The molecule has 1 saturated heterocycles. The lowest BCUT2D eigenvalue weighted by molar-refractivity contribution is 0.0327. The molecule has 1 N–H and O–H groups in total. The van der Waals surface area contributed by atoms with Crippen LogP contribution >= 0.6 is 0 Å². The summed E-state index contributed by atoms with van der Waals surface area (Å²) in [6.45, 7) is 3.52. The number of benzene rings is 2. The summed E-state index contributed by atoms with van der Waals surface area (Å²) in [6.07, 6.45) is 1.47. The fourth-order valence-corrected chi connectivity index (χ4v) is 3.90. The number of carbonyl (C=O) groups excluding carboxylic acids is 1. The van der Waals surface area contributed by atoms with E-state index in [2.05, 4.69) is 25.3 Å². The largest absolute Gasteiger partial charge is 0.379 e. The molecule has 0 radical (unpaired) electrons. The minimum Gasteiger partial charge on any atom is -0.379 e. The Kier molecular flexibility index (Phi) is 6.87. The molecule has 178 valence electrons. The van der Waals surface area contributed by atoms with E-state index in [1.54, 1.807) is 24.3 Å². The number of carbonyl (C=O) groups is 1. The van der Waals surface area contributed by atoms with Crippen molar-refractivity contribution in [2.75, 3.05) is 26.3 Å². The van der Waals surface area contributed by atoms with Gasteiger partial charge in [0.1, 0.15) is 11.9 Å². The second-order valence-corrected chi connectivity index (χ2v) is 8.20. The number of hydrogen-bond acceptors (Lipinski definition) is 7. The fraction of sp³-hybridized carbons (Fsp3) is 0.231. The minimum atomic E-state index is -0.627. The number of hydrogen-bond donors (Lipinski definition) is 1. The van der Waals surface area contributed by atoms with E-state index in [-0.39, 0.29) is 11.7 Å². The Balaban J connectivity index is 1.34. The fourth-order valence-electron chi connectivity index (χ4n) is 3.90. The van der Waals surface area contributed by atoms with Gasteiger partial charge in [-0.2, -0.15) is 4.98 Å². The first-order valence-corrected chi connectivity index (χ1v) is 11.4. The van der Waals surface area contributed by atoms with Crippen LogP contribution in [0.5, 0.6) is 0 Å². The summed E-state index contributed by atoms with van der Waals surface area (Å²) >= 11 is 0. The number of ether oxygens (including phenoxy) is 1. The average molecular weight is 474 g/mol. The van der Waals surface area contributed by atoms with Gasteiger partial charge in [0.2, 0.25) is 0 Å². The van der Waals surface area contributed by atoms with Crippen LogP contribution in [0.1, 0.15) is 33.7 Å². The van der Waals surface area contributed by atoms with E-state index in [0.717, 1.165) is 18.7 Å². The topological polar surface area (TPSA) is 93.4 Å². The van der Waals surface area contributed by atoms with Crippen molar-refractivity contribution in [2.24, 2.45) is 0 Å². The molecule has 0 bridgehead atoms. The zero-order valence-corrected chi connectivity index (χ0v) is 18.9. The standard InChI is InChI=1S/C26H24FN5O3/c27-21-8-4-7-19(15-21)22-10-9-20(16-28-22)25(33)30-24(18-5-2-1-3-6-18)26-29-23(31-35-26)17-32-11-13-34-14-12-32/h1-10,15-16,24H,11-14,17H2,(H,30,33). The molecular weight excluding hydrogens is 449 g/mol. The highest BCUT2D eigenvalue weighted by Gasteiger charge is 2.25. The molecule has 1 aliphatic heterocycles. The summed E-state index contributed by atoms with van der Waals surface area (Å²) in [7, 11) is 0. The van der Waals surface area contributed by atoms with Crippen molar-refractivity contribution in [3.63, 3.8) is 0 Å². The average Bonchev–Trinajstić information content (AvgIpc) is 3.36. The zero-order chi connectivity index (χ0) is 24.0. The van der Waals surface area contributed by atoms with Gasteiger partial charge in [-0.05, 0) is 29.8 Å². The van der Waals surface area contributed by atoms with Crippen LogP contribution in [0.2, 0.25) is 0 Å². The van der Waals surface area contributed by atoms with Gasteiger partial charge in [-0.3, -0.25) is 14.7 Å². The number of amides is 1. The Labute approximate surface area is 201 Å². The molecule has 1 unspecified atom stereocenters. The van der Waals surface area contributed by atoms with Crippen molar-refractivity contribution < 1.29 is 18.4 Å². The van der Waals surface area contributed by atoms with E-state index >= 15 is 0 Å². The van der Waals surface area contributed by atoms with Gasteiger partial charge in [-0.15, -0.1) is 0 Å². The summed E-state index contributed by atoms with van der Waals surface area (Å²) in [6, 6.07) is 18.3. The van der Waals surface area contributed by atoms with Gasteiger partial charge in [0.15, 0.2) is 5.82 Å². The highest BCUT2D eigenvalue weighted by Crippen LogP contribution is 2.23. The van der Waals surface area contributed by atoms with Gasteiger partial charge >= 0.3 is 0 Å². The van der Waals surface area contributed by atoms with Crippen LogP contribution < -0.4 is 5.32 Å². The van der Waals surface area contributed by atoms with Crippen molar-refractivity contribution in [3.05, 3.63) is 102 Å². The lowest BCUT2D eigenvalue weighted by atomic mass is 10.1. The second-order valence-electron chi connectivity index (χ2n) is 8.20. The molecule has 8 nitrogen and oxygen atoms in total. The van der Waals surface area contributed by atoms with E-state index in [9.17, 15) is 9.18 Å². The molecule has 2 aromatic heterocycles. The maximum absolute atomic E-state index is 13.5. The number of aromatic nitrogens is 3. The molecule has 0 saturated carbocycles. The molecule has 35 heavy (non-hydrogen) atoms. The molecule has 1 fully saturated rings. The molecule has 2 aromatic carbocycles. The van der Waals surface area contributed by atoms with Crippen LogP contribution in [0.25, 0.3) is 11.3 Å². The molecule has 9 heteroatoms. The minimum absolute atomic E-state index is 0.303. The summed E-state index contributed by atoms with van der Waals surface area (Å²) in [4.78, 5) is 24.2. The van der Waals surface area contributed by atoms with E-state index in [1.165, 1.54) is 18.3 Å². The Bertz CT molecular complexity index is 1270. The Morgan fingerprint density at radius 1 is 1.06 bits per heavy atom. The first kappa shape index (κ1) is 22.8. The molecule has 5 rings (SSSR count). The Morgan fingerprint density at radius 2 is 1.89 bits per heavy atom. The van der Waals surface area contributed by atoms with Gasteiger partial charge in [-0.1, -0.05) is 47.6 Å². The maximum atomic E-state index is 13.5. The third-order valence-corrected chi connectivity index (χ3v) is 5.75. The van der Waals surface area contributed by atoms with E-state index in [0.29, 0.717) is 48.3 Å². The monoisotopic (exact) mass is 473 g/mol. The first-order valence-electron chi connectivity index (χ1n) is 11.4. The third kappa shape index (κ3) is 5.59. The van der Waals surface area contributed by atoms with Gasteiger partial charge in [0, 0.05) is 24.8 Å².